The Labute approximate surface area is 151 Å². The van der Waals surface area contributed by atoms with E-state index < -0.39 is 6.10 Å². The van der Waals surface area contributed by atoms with Crippen LogP contribution in [0.2, 0.25) is 0 Å². The molecule has 4 rings (SSSR count). The summed E-state index contributed by atoms with van der Waals surface area (Å²) < 4.78 is 3.75. The summed E-state index contributed by atoms with van der Waals surface area (Å²) in [7, 11) is 1.84. The summed E-state index contributed by atoms with van der Waals surface area (Å²) in [6.07, 6.45) is 2.03. The molecule has 1 atom stereocenters. The highest BCUT2D eigenvalue weighted by Crippen LogP contribution is 2.24. The van der Waals surface area contributed by atoms with Crippen molar-refractivity contribution in [2.75, 3.05) is 6.54 Å². The molecule has 1 N–H and O–H groups in total. The zero-order chi connectivity index (χ0) is 17.4. The molecular formula is C18H23N5OS. The predicted molar refractivity (Wildman–Crippen MR) is 97.3 cm³/mol. The standard InChI is InChI=1S/C18H23N5OS/c1-13-4-5-15(25-13)12-22-8-3-9-23-14(11-22)10-16(20-23)18(24)17-6-7-19-21(17)2/h4-7,10,18,24H,3,8-9,11-12H2,1-2H3. The highest BCUT2D eigenvalue weighted by atomic mass is 32.1. The van der Waals surface area contributed by atoms with Crippen LogP contribution in [0.25, 0.3) is 0 Å². The first-order valence-corrected chi connectivity index (χ1v) is 9.42. The number of fused-ring (bicyclic) bond motifs is 1. The lowest BCUT2D eigenvalue weighted by atomic mass is 10.2. The molecule has 0 aliphatic carbocycles. The molecule has 7 heteroatoms. The van der Waals surface area contributed by atoms with Crippen LogP contribution in [0.5, 0.6) is 0 Å². The number of aliphatic hydroxyl groups excluding tert-OH is 1. The van der Waals surface area contributed by atoms with Crippen LogP contribution in [0.3, 0.4) is 0 Å². The molecule has 0 fully saturated rings. The van der Waals surface area contributed by atoms with Crippen LogP contribution in [0, 0.1) is 6.92 Å². The molecule has 1 unspecified atom stereocenters. The van der Waals surface area contributed by atoms with E-state index in [0.717, 1.165) is 38.3 Å². The minimum Gasteiger partial charge on any atom is -0.380 e. The van der Waals surface area contributed by atoms with E-state index >= 15 is 0 Å². The lowest BCUT2D eigenvalue weighted by molar-refractivity contribution is 0.203. The van der Waals surface area contributed by atoms with Crippen molar-refractivity contribution in [1.29, 1.82) is 0 Å². The molecule has 6 nitrogen and oxygen atoms in total. The lowest BCUT2D eigenvalue weighted by Crippen LogP contribution is -2.22. The highest BCUT2D eigenvalue weighted by Gasteiger charge is 2.22. The molecule has 0 aromatic carbocycles. The van der Waals surface area contributed by atoms with Gasteiger partial charge in [-0.05, 0) is 37.6 Å². The normalized spacial score (nSPS) is 16.6. The quantitative estimate of drug-likeness (QED) is 0.779. The summed E-state index contributed by atoms with van der Waals surface area (Å²) >= 11 is 1.87. The SMILES string of the molecule is Cc1ccc(CN2CCCn3nc(C(O)c4ccnn4C)cc3C2)s1. The van der Waals surface area contributed by atoms with E-state index in [1.165, 1.54) is 15.4 Å². The molecule has 0 spiro atoms. The van der Waals surface area contributed by atoms with Gasteiger partial charge in [0.15, 0.2) is 0 Å². The first-order chi connectivity index (χ1) is 12.1. The maximum absolute atomic E-state index is 10.6. The molecule has 0 saturated carbocycles. The van der Waals surface area contributed by atoms with Crippen LogP contribution in [0.4, 0.5) is 0 Å². The number of thiophene rings is 1. The smallest absolute Gasteiger partial charge is 0.139 e. The molecule has 0 bridgehead atoms. The molecule has 3 aromatic rings. The van der Waals surface area contributed by atoms with Crippen molar-refractivity contribution < 1.29 is 5.11 Å². The molecule has 0 amide bonds. The second-order valence-corrected chi connectivity index (χ2v) is 8.01. The summed E-state index contributed by atoms with van der Waals surface area (Å²) in [4.78, 5) is 5.23. The van der Waals surface area contributed by atoms with Crippen molar-refractivity contribution in [2.45, 2.75) is 39.1 Å². The van der Waals surface area contributed by atoms with Crippen molar-refractivity contribution >= 4 is 11.3 Å². The van der Waals surface area contributed by atoms with Crippen LogP contribution in [0.1, 0.15) is 39.4 Å². The van der Waals surface area contributed by atoms with Crippen molar-refractivity contribution in [3.8, 4) is 0 Å². The van der Waals surface area contributed by atoms with Crippen molar-refractivity contribution in [2.24, 2.45) is 7.05 Å². The Bertz CT molecular complexity index is 865. The predicted octanol–water partition coefficient (Wildman–Crippen LogP) is 2.47. The summed E-state index contributed by atoms with van der Waals surface area (Å²) in [5.74, 6) is 0. The average Bonchev–Trinajstić information content (AvgIpc) is 3.26. The third-order valence-electron chi connectivity index (χ3n) is 4.71. The fourth-order valence-electron chi connectivity index (χ4n) is 3.41. The summed E-state index contributed by atoms with van der Waals surface area (Å²) in [6.45, 7) is 5.95. The Hall–Kier alpha value is -1.96. The molecule has 0 radical (unpaired) electrons. The fourth-order valence-corrected chi connectivity index (χ4v) is 4.35. The molecule has 25 heavy (non-hydrogen) atoms. The van der Waals surface area contributed by atoms with Gasteiger partial charge in [-0.3, -0.25) is 14.3 Å². The van der Waals surface area contributed by atoms with Crippen LogP contribution >= 0.6 is 11.3 Å². The number of hydrogen-bond acceptors (Lipinski definition) is 5. The summed E-state index contributed by atoms with van der Waals surface area (Å²) in [6, 6.07) is 8.28. The van der Waals surface area contributed by atoms with Crippen LogP contribution in [0.15, 0.2) is 30.5 Å². The molecule has 132 valence electrons. The maximum atomic E-state index is 10.6. The Morgan fingerprint density at radius 2 is 2.16 bits per heavy atom. The van der Waals surface area contributed by atoms with E-state index in [2.05, 4.69) is 38.8 Å². The van der Waals surface area contributed by atoms with Crippen LogP contribution in [-0.2, 0) is 26.7 Å². The molecular weight excluding hydrogens is 334 g/mol. The third kappa shape index (κ3) is 3.40. The van der Waals surface area contributed by atoms with Gasteiger partial charge in [-0.2, -0.15) is 10.2 Å². The Morgan fingerprint density at radius 1 is 1.28 bits per heavy atom. The fraction of sp³-hybridized carbons (Fsp3) is 0.444. The zero-order valence-corrected chi connectivity index (χ0v) is 15.4. The Balaban J connectivity index is 1.53. The molecule has 3 aromatic heterocycles. The van der Waals surface area contributed by atoms with E-state index in [9.17, 15) is 5.11 Å². The minimum absolute atomic E-state index is 0.701. The monoisotopic (exact) mass is 357 g/mol. The minimum atomic E-state index is -0.736. The number of rotatable bonds is 4. The molecule has 1 aliphatic heterocycles. The van der Waals surface area contributed by atoms with Gasteiger partial charge in [0.1, 0.15) is 6.10 Å². The summed E-state index contributed by atoms with van der Waals surface area (Å²) in [5, 5.41) is 19.4. The second kappa shape index (κ2) is 6.74. The van der Waals surface area contributed by atoms with Gasteiger partial charge >= 0.3 is 0 Å². The van der Waals surface area contributed by atoms with Gasteiger partial charge in [-0.1, -0.05) is 0 Å². The van der Waals surface area contributed by atoms with Gasteiger partial charge in [-0.15, -0.1) is 11.3 Å². The van der Waals surface area contributed by atoms with Crippen LogP contribution in [-0.4, -0.2) is 36.1 Å². The number of hydrogen-bond donors (Lipinski definition) is 1. The van der Waals surface area contributed by atoms with E-state index in [0.29, 0.717) is 5.69 Å². The first-order valence-electron chi connectivity index (χ1n) is 8.60. The van der Waals surface area contributed by atoms with Crippen LogP contribution < -0.4 is 0 Å². The molecule has 4 heterocycles. The van der Waals surface area contributed by atoms with E-state index in [4.69, 9.17) is 0 Å². The third-order valence-corrected chi connectivity index (χ3v) is 5.69. The van der Waals surface area contributed by atoms with Crippen molar-refractivity contribution in [1.82, 2.24) is 24.5 Å². The highest BCUT2D eigenvalue weighted by molar-refractivity contribution is 7.11. The molecule has 0 saturated heterocycles. The van der Waals surface area contributed by atoms with Gasteiger partial charge in [0.2, 0.25) is 0 Å². The number of aliphatic hydroxyl groups is 1. The topological polar surface area (TPSA) is 59.1 Å². The van der Waals surface area contributed by atoms with E-state index in [1.807, 2.05) is 30.5 Å². The van der Waals surface area contributed by atoms with Gasteiger partial charge < -0.3 is 5.11 Å². The van der Waals surface area contributed by atoms with Crippen molar-refractivity contribution in [3.63, 3.8) is 0 Å². The average molecular weight is 357 g/mol. The zero-order valence-electron chi connectivity index (χ0n) is 14.6. The van der Waals surface area contributed by atoms with E-state index in [-0.39, 0.29) is 0 Å². The number of nitrogens with zero attached hydrogens (tertiary/aromatic N) is 5. The van der Waals surface area contributed by atoms with Gasteiger partial charge in [0.25, 0.3) is 0 Å². The van der Waals surface area contributed by atoms with Gasteiger partial charge in [0.05, 0.1) is 17.1 Å². The number of aryl methyl sites for hydroxylation is 3. The Morgan fingerprint density at radius 3 is 2.88 bits per heavy atom. The maximum Gasteiger partial charge on any atom is 0.139 e. The molecule has 1 aliphatic rings. The first kappa shape index (κ1) is 16.5. The lowest BCUT2D eigenvalue weighted by Gasteiger charge is -2.18. The Kier molecular flexibility index (Phi) is 4.45. The van der Waals surface area contributed by atoms with Gasteiger partial charge in [0, 0.05) is 49.2 Å². The number of aromatic nitrogens is 4. The van der Waals surface area contributed by atoms with E-state index in [1.54, 1.807) is 10.9 Å². The summed E-state index contributed by atoms with van der Waals surface area (Å²) in [5.41, 5.74) is 2.63. The largest absolute Gasteiger partial charge is 0.380 e. The van der Waals surface area contributed by atoms with Crippen molar-refractivity contribution in [3.05, 3.63) is 57.3 Å². The van der Waals surface area contributed by atoms with Gasteiger partial charge in [-0.25, -0.2) is 0 Å². The second-order valence-electron chi connectivity index (χ2n) is 6.64.